The molecule has 4 aromatic rings. The average molecular weight is 303 g/mol. The summed E-state index contributed by atoms with van der Waals surface area (Å²) in [7, 11) is 0. The Morgan fingerprint density at radius 3 is 2.48 bits per heavy atom. The minimum atomic E-state index is -0.936. The predicted octanol–water partition coefficient (Wildman–Crippen LogP) is 3.93. The van der Waals surface area contributed by atoms with Crippen LogP contribution < -0.4 is 5.32 Å². The van der Waals surface area contributed by atoms with Gasteiger partial charge in [0, 0.05) is 11.9 Å². The number of anilines is 2. The normalized spacial score (nSPS) is 11.0. The Morgan fingerprint density at radius 1 is 0.957 bits per heavy atom. The van der Waals surface area contributed by atoms with Gasteiger partial charge in [-0.15, -0.1) is 0 Å². The van der Waals surface area contributed by atoms with Gasteiger partial charge in [-0.1, -0.05) is 12.1 Å². The van der Waals surface area contributed by atoms with Gasteiger partial charge in [0.1, 0.15) is 0 Å². The van der Waals surface area contributed by atoms with Crippen LogP contribution in [0.5, 0.6) is 0 Å². The van der Waals surface area contributed by atoms with Crippen LogP contribution in [0.4, 0.5) is 11.5 Å². The van der Waals surface area contributed by atoms with E-state index in [4.69, 9.17) is 5.11 Å². The first-order chi connectivity index (χ1) is 11.2. The minimum absolute atomic E-state index is 0.259. The number of carboxylic acids is 1. The molecule has 0 saturated carbocycles. The number of nitrogens with zero attached hydrogens (tertiary/aromatic N) is 2. The van der Waals surface area contributed by atoms with Gasteiger partial charge in [0.05, 0.1) is 22.1 Å². The molecule has 2 aromatic heterocycles. The number of hydrogen-bond acceptors (Lipinski definition) is 3. The third-order valence-electron chi connectivity index (χ3n) is 3.76. The van der Waals surface area contributed by atoms with Crippen molar-refractivity contribution >= 4 is 34.0 Å². The second kappa shape index (κ2) is 5.14. The molecule has 0 aliphatic heterocycles. The van der Waals surface area contributed by atoms with E-state index < -0.39 is 5.97 Å². The van der Waals surface area contributed by atoms with Crippen LogP contribution in [0.25, 0.3) is 16.6 Å². The van der Waals surface area contributed by atoms with Gasteiger partial charge >= 0.3 is 5.97 Å². The molecule has 0 atom stereocenters. The Kier molecular flexibility index (Phi) is 2.98. The Hall–Kier alpha value is -3.34. The Bertz CT molecular complexity index is 1020. The van der Waals surface area contributed by atoms with E-state index in [1.165, 1.54) is 0 Å². The second-order valence-electron chi connectivity index (χ2n) is 5.22. The lowest BCUT2D eigenvalue weighted by Crippen LogP contribution is -2.00. The van der Waals surface area contributed by atoms with E-state index >= 15 is 0 Å². The summed E-state index contributed by atoms with van der Waals surface area (Å²) in [4.78, 5) is 15.6. The molecule has 2 heterocycles. The third kappa shape index (κ3) is 2.28. The van der Waals surface area contributed by atoms with E-state index in [9.17, 15) is 4.79 Å². The molecule has 0 saturated heterocycles. The zero-order chi connectivity index (χ0) is 15.8. The van der Waals surface area contributed by atoms with Crippen molar-refractivity contribution in [2.75, 3.05) is 5.32 Å². The highest BCUT2D eigenvalue weighted by Crippen LogP contribution is 2.25. The van der Waals surface area contributed by atoms with E-state index in [0.717, 1.165) is 28.1 Å². The summed E-state index contributed by atoms with van der Waals surface area (Å²) in [6, 6.07) is 18.5. The van der Waals surface area contributed by atoms with Crippen molar-refractivity contribution in [3.05, 3.63) is 72.4 Å². The summed E-state index contributed by atoms with van der Waals surface area (Å²) in [6.45, 7) is 0. The van der Waals surface area contributed by atoms with Crippen molar-refractivity contribution in [3.63, 3.8) is 0 Å². The molecule has 4 rings (SSSR count). The van der Waals surface area contributed by atoms with Crippen LogP contribution in [0.1, 0.15) is 10.4 Å². The molecule has 0 fully saturated rings. The number of carbonyl (C=O) groups is 1. The van der Waals surface area contributed by atoms with Gasteiger partial charge in [-0.3, -0.25) is 0 Å². The fraction of sp³-hybridized carbons (Fsp3) is 0. The molecule has 0 bridgehead atoms. The van der Waals surface area contributed by atoms with Crippen molar-refractivity contribution < 1.29 is 9.90 Å². The monoisotopic (exact) mass is 303 g/mol. The van der Waals surface area contributed by atoms with Crippen molar-refractivity contribution in [1.82, 2.24) is 9.38 Å². The maximum Gasteiger partial charge on any atom is 0.335 e. The summed E-state index contributed by atoms with van der Waals surface area (Å²) < 4.78 is 2.08. The van der Waals surface area contributed by atoms with Crippen LogP contribution in [0.2, 0.25) is 0 Å². The maximum absolute atomic E-state index is 10.9. The topological polar surface area (TPSA) is 66.6 Å². The van der Waals surface area contributed by atoms with Gasteiger partial charge < -0.3 is 14.8 Å². The van der Waals surface area contributed by atoms with E-state index in [2.05, 4.69) is 14.7 Å². The first kappa shape index (κ1) is 13.3. The van der Waals surface area contributed by atoms with Gasteiger partial charge in [-0.2, -0.15) is 0 Å². The highest BCUT2D eigenvalue weighted by atomic mass is 16.4. The summed E-state index contributed by atoms with van der Waals surface area (Å²) in [5, 5.41) is 12.2. The lowest BCUT2D eigenvalue weighted by molar-refractivity contribution is 0.0697. The van der Waals surface area contributed by atoms with Crippen LogP contribution in [0, 0.1) is 0 Å². The number of nitrogens with one attached hydrogen (secondary N) is 1. The van der Waals surface area contributed by atoms with Crippen molar-refractivity contribution in [1.29, 1.82) is 0 Å². The quantitative estimate of drug-likeness (QED) is 0.602. The van der Waals surface area contributed by atoms with E-state index in [1.54, 1.807) is 24.3 Å². The van der Waals surface area contributed by atoms with Gasteiger partial charge in [0.15, 0.2) is 5.82 Å². The summed E-state index contributed by atoms with van der Waals surface area (Å²) in [6.07, 6.45) is 2.00. The molecule has 112 valence electrons. The van der Waals surface area contributed by atoms with E-state index in [-0.39, 0.29) is 5.56 Å². The fourth-order valence-electron chi connectivity index (χ4n) is 2.65. The number of benzene rings is 2. The van der Waals surface area contributed by atoms with Crippen LogP contribution in [-0.4, -0.2) is 20.5 Å². The molecule has 0 unspecified atom stereocenters. The zero-order valence-corrected chi connectivity index (χ0v) is 12.1. The first-order valence-electron chi connectivity index (χ1n) is 7.18. The van der Waals surface area contributed by atoms with Crippen LogP contribution >= 0.6 is 0 Å². The highest BCUT2D eigenvalue weighted by Gasteiger charge is 2.08. The van der Waals surface area contributed by atoms with Crippen LogP contribution in [0.15, 0.2) is 66.9 Å². The lowest BCUT2D eigenvalue weighted by atomic mass is 10.2. The third-order valence-corrected chi connectivity index (χ3v) is 3.76. The molecule has 5 heteroatoms. The molecule has 23 heavy (non-hydrogen) atoms. The molecular weight excluding hydrogens is 290 g/mol. The summed E-state index contributed by atoms with van der Waals surface area (Å²) >= 11 is 0. The molecule has 0 amide bonds. The van der Waals surface area contributed by atoms with Gasteiger partial charge in [0.25, 0.3) is 0 Å². The predicted molar refractivity (Wildman–Crippen MR) is 89.4 cm³/mol. The molecule has 2 aromatic carbocycles. The van der Waals surface area contributed by atoms with Crippen molar-refractivity contribution in [2.24, 2.45) is 0 Å². The van der Waals surface area contributed by atoms with Gasteiger partial charge in [-0.05, 0) is 48.5 Å². The zero-order valence-electron chi connectivity index (χ0n) is 12.1. The molecule has 0 radical (unpaired) electrons. The Morgan fingerprint density at radius 2 is 1.70 bits per heavy atom. The Labute approximate surface area is 131 Å². The molecule has 0 aliphatic carbocycles. The lowest BCUT2D eigenvalue weighted by Gasteiger charge is -2.10. The number of aromatic nitrogens is 2. The smallest absolute Gasteiger partial charge is 0.335 e. The first-order valence-corrected chi connectivity index (χ1v) is 7.18. The van der Waals surface area contributed by atoms with E-state index in [1.807, 2.05) is 42.6 Å². The average Bonchev–Trinajstić information content (AvgIpc) is 3.06. The Balaban J connectivity index is 1.81. The summed E-state index contributed by atoms with van der Waals surface area (Å²) in [5.41, 5.74) is 3.95. The van der Waals surface area contributed by atoms with E-state index in [0.29, 0.717) is 0 Å². The van der Waals surface area contributed by atoms with Crippen molar-refractivity contribution in [3.8, 4) is 0 Å². The van der Waals surface area contributed by atoms with Gasteiger partial charge in [0.2, 0.25) is 0 Å². The molecule has 0 aliphatic rings. The number of para-hydroxylation sites is 2. The maximum atomic E-state index is 10.9. The molecular formula is C18H13N3O2. The number of aromatic carboxylic acids is 1. The highest BCUT2D eigenvalue weighted by molar-refractivity contribution is 5.89. The standard InChI is InChI=1S/C18H13N3O2/c22-18(23)12-7-9-13(10-8-12)19-17-16-6-3-11-21(16)15-5-2-1-4-14(15)20-17/h1-11H,(H,19,20)(H,22,23). The number of carboxylic acid groups (broad SMARTS) is 1. The number of hydrogen-bond donors (Lipinski definition) is 2. The number of fused-ring (bicyclic) bond motifs is 3. The minimum Gasteiger partial charge on any atom is -0.478 e. The largest absolute Gasteiger partial charge is 0.478 e. The van der Waals surface area contributed by atoms with Crippen LogP contribution in [0.3, 0.4) is 0 Å². The second-order valence-corrected chi connectivity index (χ2v) is 5.22. The van der Waals surface area contributed by atoms with Crippen LogP contribution in [-0.2, 0) is 0 Å². The van der Waals surface area contributed by atoms with Gasteiger partial charge in [-0.25, -0.2) is 9.78 Å². The number of rotatable bonds is 3. The molecule has 0 spiro atoms. The van der Waals surface area contributed by atoms with Crippen molar-refractivity contribution in [2.45, 2.75) is 0 Å². The molecule has 5 nitrogen and oxygen atoms in total. The SMILES string of the molecule is O=C(O)c1ccc(Nc2nc3ccccc3n3cccc23)cc1. The molecule has 2 N–H and O–H groups in total. The summed E-state index contributed by atoms with van der Waals surface area (Å²) in [5.74, 6) is -0.203. The fourth-order valence-corrected chi connectivity index (χ4v) is 2.65.